The SMILES string of the molecule is CC1(C)[C@H](ON=C2CCCCC2)N=C(Cl)C(C#N)[C@@]1(C#N)C(N)=O. The standard InChI is InChI=1S/C16H20ClN5O2/c1-15(2)14(24-22-10-6-4-3-5-7-10)21-12(17)11(8-18)16(15,9-19)13(20)23/h11,14H,3-7H2,1-2H3,(H2,20,23)/t11?,14-,16-/m0/s1. The Morgan fingerprint density at radius 3 is 2.50 bits per heavy atom. The van der Waals surface area contributed by atoms with Crippen LogP contribution < -0.4 is 5.73 Å². The third kappa shape index (κ3) is 2.74. The Balaban J connectivity index is 2.43. The van der Waals surface area contributed by atoms with E-state index in [4.69, 9.17) is 22.2 Å². The summed E-state index contributed by atoms with van der Waals surface area (Å²) in [6, 6.07) is 3.80. The summed E-state index contributed by atoms with van der Waals surface area (Å²) in [5.74, 6) is -2.16. The van der Waals surface area contributed by atoms with Crippen LogP contribution in [0.5, 0.6) is 0 Å². The molecule has 24 heavy (non-hydrogen) atoms. The highest BCUT2D eigenvalue weighted by Gasteiger charge is 2.64. The lowest BCUT2D eigenvalue weighted by Gasteiger charge is -2.46. The van der Waals surface area contributed by atoms with E-state index in [1.807, 2.05) is 12.1 Å². The van der Waals surface area contributed by atoms with Crippen LogP contribution in [0.3, 0.4) is 0 Å². The minimum atomic E-state index is -1.85. The van der Waals surface area contributed by atoms with Crippen molar-refractivity contribution in [2.45, 2.75) is 52.2 Å². The van der Waals surface area contributed by atoms with Crippen molar-refractivity contribution in [1.29, 1.82) is 10.5 Å². The molecule has 0 aromatic carbocycles. The fraction of sp³-hybridized carbons (Fsp3) is 0.688. The molecule has 1 amide bonds. The van der Waals surface area contributed by atoms with Crippen LogP contribution in [-0.2, 0) is 9.63 Å². The van der Waals surface area contributed by atoms with Gasteiger partial charge in [0.1, 0.15) is 11.1 Å². The van der Waals surface area contributed by atoms with E-state index in [1.54, 1.807) is 13.8 Å². The Morgan fingerprint density at radius 2 is 2.00 bits per heavy atom. The average molecular weight is 350 g/mol. The summed E-state index contributed by atoms with van der Waals surface area (Å²) in [4.78, 5) is 21.9. The highest BCUT2D eigenvalue weighted by molar-refractivity contribution is 6.66. The summed E-state index contributed by atoms with van der Waals surface area (Å²) in [5, 5.41) is 23.1. The second-order valence-corrected chi connectivity index (χ2v) is 7.08. The first-order chi connectivity index (χ1) is 11.3. The first-order valence-electron chi connectivity index (χ1n) is 7.86. The number of aliphatic imine (C=N–C) groups is 1. The van der Waals surface area contributed by atoms with Crippen molar-refractivity contribution in [3.05, 3.63) is 0 Å². The maximum absolute atomic E-state index is 12.1. The van der Waals surface area contributed by atoms with Gasteiger partial charge in [-0.25, -0.2) is 4.99 Å². The van der Waals surface area contributed by atoms with Crippen LogP contribution in [0.25, 0.3) is 0 Å². The summed E-state index contributed by atoms with van der Waals surface area (Å²) >= 11 is 6.07. The Labute approximate surface area is 146 Å². The molecule has 1 unspecified atom stereocenters. The number of oxime groups is 1. The molecule has 1 aliphatic heterocycles. The molecule has 2 N–H and O–H groups in total. The van der Waals surface area contributed by atoms with Gasteiger partial charge in [0, 0.05) is 0 Å². The van der Waals surface area contributed by atoms with Gasteiger partial charge in [0.05, 0.1) is 23.3 Å². The number of nitriles is 2. The van der Waals surface area contributed by atoms with Crippen LogP contribution in [0.1, 0.15) is 46.0 Å². The number of halogens is 1. The fourth-order valence-corrected chi connectivity index (χ4v) is 3.60. The smallest absolute Gasteiger partial charge is 0.240 e. The lowest BCUT2D eigenvalue weighted by molar-refractivity contribution is -0.142. The van der Waals surface area contributed by atoms with Crippen LogP contribution in [0.4, 0.5) is 0 Å². The highest BCUT2D eigenvalue weighted by atomic mass is 35.5. The number of amides is 1. The Kier molecular flexibility index (Phi) is 5.15. The molecule has 3 atom stereocenters. The summed E-state index contributed by atoms with van der Waals surface area (Å²) in [7, 11) is 0. The molecule has 1 fully saturated rings. The summed E-state index contributed by atoms with van der Waals surface area (Å²) in [6.45, 7) is 3.23. The molecule has 1 saturated carbocycles. The van der Waals surface area contributed by atoms with Gasteiger partial charge < -0.3 is 10.6 Å². The molecular weight excluding hydrogens is 330 g/mol. The van der Waals surface area contributed by atoms with Gasteiger partial charge in [-0.2, -0.15) is 10.5 Å². The van der Waals surface area contributed by atoms with Crippen LogP contribution in [-0.4, -0.2) is 23.0 Å². The number of carbonyl (C=O) groups is 1. The van der Waals surface area contributed by atoms with Crippen LogP contribution >= 0.6 is 11.6 Å². The zero-order valence-corrected chi connectivity index (χ0v) is 14.5. The molecule has 128 valence electrons. The van der Waals surface area contributed by atoms with E-state index in [9.17, 15) is 15.3 Å². The van der Waals surface area contributed by atoms with Crippen molar-refractivity contribution >= 4 is 28.4 Å². The number of primary amides is 1. The second-order valence-electron chi connectivity index (χ2n) is 6.70. The topological polar surface area (TPSA) is 125 Å². The first-order valence-corrected chi connectivity index (χ1v) is 8.24. The van der Waals surface area contributed by atoms with Gasteiger partial charge in [0.2, 0.25) is 12.1 Å². The zero-order chi connectivity index (χ0) is 18.0. The summed E-state index contributed by atoms with van der Waals surface area (Å²) < 4.78 is 0. The normalized spacial score (nSPS) is 32.0. The molecule has 0 spiro atoms. The van der Waals surface area contributed by atoms with Gasteiger partial charge in [-0.05, 0) is 25.7 Å². The van der Waals surface area contributed by atoms with Crippen molar-refractivity contribution in [2.24, 2.45) is 32.6 Å². The van der Waals surface area contributed by atoms with Crippen molar-refractivity contribution < 1.29 is 9.63 Å². The van der Waals surface area contributed by atoms with Gasteiger partial charge in [-0.15, -0.1) is 0 Å². The zero-order valence-electron chi connectivity index (χ0n) is 13.8. The van der Waals surface area contributed by atoms with Gasteiger partial charge in [0.15, 0.2) is 5.41 Å². The molecule has 0 saturated heterocycles. The van der Waals surface area contributed by atoms with Crippen molar-refractivity contribution in [3.8, 4) is 12.1 Å². The largest absolute Gasteiger partial charge is 0.368 e. The number of hydrogen-bond donors (Lipinski definition) is 1. The lowest BCUT2D eigenvalue weighted by Crippen LogP contribution is -2.60. The van der Waals surface area contributed by atoms with Crippen LogP contribution in [0.2, 0.25) is 0 Å². The van der Waals surface area contributed by atoms with E-state index in [-0.39, 0.29) is 5.17 Å². The van der Waals surface area contributed by atoms with Crippen molar-refractivity contribution in [1.82, 2.24) is 0 Å². The maximum Gasteiger partial charge on any atom is 0.240 e. The van der Waals surface area contributed by atoms with E-state index in [2.05, 4.69) is 10.1 Å². The Bertz CT molecular complexity index is 665. The molecule has 0 bridgehead atoms. The van der Waals surface area contributed by atoms with Crippen LogP contribution in [0, 0.1) is 39.4 Å². The van der Waals surface area contributed by atoms with E-state index in [1.165, 1.54) is 6.42 Å². The van der Waals surface area contributed by atoms with Crippen LogP contribution in [0.15, 0.2) is 10.1 Å². The van der Waals surface area contributed by atoms with Gasteiger partial charge in [-0.1, -0.05) is 37.0 Å². The quantitative estimate of drug-likeness (QED) is 0.785. The van der Waals surface area contributed by atoms with Gasteiger partial charge in [-0.3, -0.25) is 4.79 Å². The van der Waals surface area contributed by atoms with E-state index < -0.39 is 28.9 Å². The molecular formula is C16H20ClN5O2. The molecule has 8 heteroatoms. The molecule has 2 aliphatic rings. The Hall–Kier alpha value is -2.12. The highest BCUT2D eigenvalue weighted by Crippen LogP contribution is 2.52. The predicted octanol–water partition coefficient (Wildman–Crippen LogP) is 2.46. The molecule has 2 rings (SSSR count). The number of carbonyl (C=O) groups excluding carboxylic acids is 1. The van der Waals surface area contributed by atoms with E-state index in [0.717, 1.165) is 31.4 Å². The molecule has 1 aliphatic carbocycles. The van der Waals surface area contributed by atoms with Crippen molar-refractivity contribution in [2.75, 3.05) is 0 Å². The van der Waals surface area contributed by atoms with Gasteiger partial charge in [0.25, 0.3) is 0 Å². The first kappa shape index (κ1) is 18.2. The minimum Gasteiger partial charge on any atom is -0.368 e. The second kappa shape index (κ2) is 6.78. The number of hydrogen-bond acceptors (Lipinski definition) is 6. The fourth-order valence-electron chi connectivity index (χ4n) is 3.30. The third-order valence-electron chi connectivity index (χ3n) is 4.95. The molecule has 0 aromatic rings. The maximum atomic E-state index is 12.1. The monoisotopic (exact) mass is 349 g/mol. The number of rotatable bonds is 3. The predicted molar refractivity (Wildman–Crippen MR) is 88.8 cm³/mol. The van der Waals surface area contributed by atoms with Crippen molar-refractivity contribution in [3.63, 3.8) is 0 Å². The van der Waals surface area contributed by atoms with E-state index in [0.29, 0.717) is 0 Å². The van der Waals surface area contributed by atoms with E-state index >= 15 is 0 Å². The minimum absolute atomic E-state index is 0.161. The molecule has 0 aromatic heterocycles. The average Bonchev–Trinajstić information content (AvgIpc) is 2.55. The Morgan fingerprint density at radius 1 is 1.38 bits per heavy atom. The lowest BCUT2D eigenvalue weighted by atomic mass is 9.57. The van der Waals surface area contributed by atoms with Gasteiger partial charge >= 0.3 is 0 Å². The number of nitrogens with zero attached hydrogens (tertiary/aromatic N) is 4. The number of nitrogens with two attached hydrogens (primary N) is 1. The molecule has 1 heterocycles. The summed E-state index contributed by atoms with van der Waals surface area (Å²) in [5.41, 5.74) is 3.40. The summed E-state index contributed by atoms with van der Waals surface area (Å²) in [6.07, 6.45) is 4.01. The molecule has 7 nitrogen and oxygen atoms in total. The molecule has 0 radical (unpaired) electrons. The third-order valence-corrected chi connectivity index (χ3v) is 5.27.